The lowest BCUT2D eigenvalue weighted by Gasteiger charge is -2.41. The average molecular weight is 373 g/mol. The standard InChI is InChI=1S/C21H31N3O3/c1-14-19(21(26)27)13-22-24(14)18-8-10-23(11-9-18)20(25)17-7-6-15-4-2-3-5-16(15)12-17/h13,15-18H,2-12H2,1H3,(H,26,27). The molecule has 4 rings (SSSR count). The van der Waals surface area contributed by atoms with Crippen molar-refractivity contribution in [1.82, 2.24) is 14.7 Å². The molecule has 0 bridgehead atoms. The van der Waals surface area contributed by atoms with Crippen LogP contribution in [0.25, 0.3) is 0 Å². The van der Waals surface area contributed by atoms with Gasteiger partial charge in [0.1, 0.15) is 5.56 Å². The molecule has 1 aromatic heterocycles. The number of carbonyl (C=O) groups is 2. The Labute approximate surface area is 160 Å². The molecule has 27 heavy (non-hydrogen) atoms. The number of hydrogen-bond acceptors (Lipinski definition) is 3. The summed E-state index contributed by atoms with van der Waals surface area (Å²) in [6.45, 7) is 3.34. The molecule has 3 fully saturated rings. The van der Waals surface area contributed by atoms with E-state index >= 15 is 0 Å². The number of carbonyl (C=O) groups excluding carboxylic acids is 1. The molecule has 148 valence electrons. The first-order valence-corrected chi connectivity index (χ1v) is 10.6. The molecular formula is C21H31N3O3. The van der Waals surface area contributed by atoms with Gasteiger partial charge < -0.3 is 10.0 Å². The molecule has 3 aliphatic rings. The van der Waals surface area contributed by atoms with Crippen molar-refractivity contribution in [2.24, 2.45) is 17.8 Å². The van der Waals surface area contributed by atoms with Crippen LogP contribution in [0.3, 0.4) is 0 Å². The molecule has 1 N–H and O–H groups in total. The van der Waals surface area contributed by atoms with Crippen LogP contribution in [0.5, 0.6) is 0 Å². The first-order chi connectivity index (χ1) is 13.0. The van der Waals surface area contributed by atoms with E-state index in [2.05, 4.69) is 10.00 Å². The fourth-order valence-electron chi connectivity index (χ4n) is 5.69. The summed E-state index contributed by atoms with van der Waals surface area (Å²) in [6, 6.07) is 0.191. The first kappa shape index (κ1) is 18.5. The summed E-state index contributed by atoms with van der Waals surface area (Å²) < 4.78 is 1.85. The van der Waals surface area contributed by atoms with Crippen molar-refractivity contribution in [2.75, 3.05) is 13.1 Å². The van der Waals surface area contributed by atoms with E-state index in [1.807, 2.05) is 11.6 Å². The number of fused-ring (bicyclic) bond motifs is 1. The molecule has 2 saturated carbocycles. The molecule has 6 nitrogen and oxygen atoms in total. The highest BCUT2D eigenvalue weighted by molar-refractivity contribution is 5.88. The SMILES string of the molecule is Cc1c(C(=O)O)cnn1C1CCN(C(=O)C2CCC3CCCCC3C2)CC1. The molecule has 1 amide bonds. The zero-order chi connectivity index (χ0) is 19.0. The van der Waals surface area contributed by atoms with Crippen LogP contribution < -0.4 is 0 Å². The topological polar surface area (TPSA) is 75.4 Å². The van der Waals surface area contributed by atoms with Crippen molar-refractivity contribution >= 4 is 11.9 Å². The van der Waals surface area contributed by atoms with E-state index in [1.54, 1.807) is 0 Å². The van der Waals surface area contributed by atoms with Crippen molar-refractivity contribution in [2.45, 2.75) is 70.8 Å². The molecule has 3 unspecified atom stereocenters. The van der Waals surface area contributed by atoms with Gasteiger partial charge in [-0.05, 0) is 50.9 Å². The zero-order valence-corrected chi connectivity index (χ0v) is 16.3. The number of carboxylic acids is 1. The van der Waals surface area contributed by atoms with Gasteiger partial charge in [-0.15, -0.1) is 0 Å². The van der Waals surface area contributed by atoms with Gasteiger partial charge in [0, 0.05) is 19.0 Å². The molecule has 0 spiro atoms. The minimum Gasteiger partial charge on any atom is -0.478 e. The van der Waals surface area contributed by atoms with Crippen LogP contribution >= 0.6 is 0 Å². The molecule has 0 radical (unpaired) electrons. The Morgan fingerprint density at radius 3 is 2.41 bits per heavy atom. The lowest BCUT2D eigenvalue weighted by Crippen LogP contribution is -2.44. The van der Waals surface area contributed by atoms with E-state index in [-0.39, 0.29) is 17.5 Å². The lowest BCUT2D eigenvalue weighted by atomic mass is 9.67. The number of likely N-dealkylation sites (tertiary alicyclic amines) is 1. The van der Waals surface area contributed by atoms with Gasteiger partial charge in [0.15, 0.2) is 0 Å². The van der Waals surface area contributed by atoms with Crippen LogP contribution in [0.1, 0.15) is 79.9 Å². The highest BCUT2D eigenvalue weighted by Gasteiger charge is 2.37. The maximum absolute atomic E-state index is 13.1. The average Bonchev–Trinajstić information content (AvgIpc) is 3.09. The van der Waals surface area contributed by atoms with Crippen LogP contribution in [-0.2, 0) is 4.79 Å². The largest absolute Gasteiger partial charge is 0.478 e. The number of aromatic carboxylic acids is 1. The molecule has 6 heteroatoms. The molecule has 1 aromatic rings. The quantitative estimate of drug-likeness (QED) is 0.877. The highest BCUT2D eigenvalue weighted by Crippen LogP contribution is 2.43. The maximum atomic E-state index is 13.1. The smallest absolute Gasteiger partial charge is 0.339 e. The summed E-state index contributed by atoms with van der Waals surface area (Å²) in [7, 11) is 0. The second-order valence-corrected chi connectivity index (χ2v) is 8.76. The van der Waals surface area contributed by atoms with E-state index in [0.717, 1.165) is 50.6 Å². The summed E-state index contributed by atoms with van der Waals surface area (Å²) in [6.07, 6.45) is 12.0. The summed E-state index contributed by atoms with van der Waals surface area (Å²) >= 11 is 0. The molecule has 1 saturated heterocycles. The lowest BCUT2D eigenvalue weighted by molar-refractivity contribution is -0.139. The van der Waals surface area contributed by atoms with Gasteiger partial charge in [-0.1, -0.05) is 25.7 Å². The molecule has 0 aromatic carbocycles. The van der Waals surface area contributed by atoms with Crippen LogP contribution in [0, 0.1) is 24.7 Å². The van der Waals surface area contributed by atoms with Gasteiger partial charge in [-0.25, -0.2) is 4.79 Å². The van der Waals surface area contributed by atoms with Crippen molar-refractivity contribution in [3.05, 3.63) is 17.5 Å². The van der Waals surface area contributed by atoms with Gasteiger partial charge in [-0.2, -0.15) is 5.10 Å². The summed E-state index contributed by atoms with van der Waals surface area (Å²) in [4.78, 5) is 26.3. The third kappa shape index (κ3) is 3.63. The van der Waals surface area contributed by atoms with E-state index in [9.17, 15) is 14.7 Å². The number of carboxylic acid groups (broad SMARTS) is 1. The summed E-state index contributed by atoms with van der Waals surface area (Å²) in [5, 5.41) is 13.5. The van der Waals surface area contributed by atoms with Gasteiger partial charge in [0.05, 0.1) is 17.9 Å². The van der Waals surface area contributed by atoms with Crippen LogP contribution in [0.15, 0.2) is 6.20 Å². The monoisotopic (exact) mass is 373 g/mol. The number of piperidine rings is 1. The molecular weight excluding hydrogens is 342 g/mol. The fraction of sp³-hybridized carbons (Fsp3) is 0.762. The number of aromatic nitrogens is 2. The predicted molar refractivity (Wildman–Crippen MR) is 102 cm³/mol. The molecule has 1 aliphatic heterocycles. The van der Waals surface area contributed by atoms with E-state index < -0.39 is 5.97 Å². The Balaban J connectivity index is 1.34. The number of nitrogens with zero attached hydrogens (tertiary/aromatic N) is 3. The molecule has 3 atom stereocenters. The molecule has 2 heterocycles. The predicted octanol–water partition coefficient (Wildman–Crippen LogP) is 3.66. The van der Waals surface area contributed by atoms with E-state index in [0.29, 0.717) is 11.6 Å². The fourth-order valence-corrected chi connectivity index (χ4v) is 5.69. The zero-order valence-electron chi connectivity index (χ0n) is 16.3. The van der Waals surface area contributed by atoms with E-state index in [4.69, 9.17) is 0 Å². The molecule has 2 aliphatic carbocycles. The Morgan fingerprint density at radius 1 is 1.04 bits per heavy atom. The third-order valence-electron chi connectivity index (χ3n) is 7.29. The normalized spacial score (nSPS) is 29.4. The Kier molecular flexibility index (Phi) is 5.24. The summed E-state index contributed by atoms with van der Waals surface area (Å²) in [5.41, 5.74) is 0.987. The highest BCUT2D eigenvalue weighted by atomic mass is 16.4. The van der Waals surface area contributed by atoms with Crippen molar-refractivity contribution in [3.63, 3.8) is 0 Å². The Bertz CT molecular complexity index is 706. The number of amides is 1. The Morgan fingerprint density at radius 2 is 1.74 bits per heavy atom. The minimum absolute atomic E-state index is 0.191. The first-order valence-electron chi connectivity index (χ1n) is 10.6. The van der Waals surface area contributed by atoms with Crippen molar-refractivity contribution in [1.29, 1.82) is 0 Å². The maximum Gasteiger partial charge on any atom is 0.339 e. The second-order valence-electron chi connectivity index (χ2n) is 8.76. The number of hydrogen-bond donors (Lipinski definition) is 1. The number of rotatable bonds is 3. The van der Waals surface area contributed by atoms with Gasteiger partial charge >= 0.3 is 5.97 Å². The van der Waals surface area contributed by atoms with Gasteiger partial charge in [0.2, 0.25) is 5.91 Å². The minimum atomic E-state index is -0.926. The van der Waals surface area contributed by atoms with Crippen molar-refractivity contribution < 1.29 is 14.7 Å². The Hall–Kier alpha value is -1.85. The van der Waals surface area contributed by atoms with Crippen LogP contribution in [-0.4, -0.2) is 44.8 Å². The van der Waals surface area contributed by atoms with Crippen molar-refractivity contribution in [3.8, 4) is 0 Å². The second kappa shape index (κ2) is 7.64. The third-order valence-corrected chi connectivity index (χ3v) is 7.29. The van der Waals surface area contributed by atoms with Gasteiger partial charge in [-0.3, -0.25) is 9.48 Å². The van der Waals surface area contributed by atoms with Crippen LogP contribution in [0.2, 0.25) is 0 Å². The van der Waals surface area contributed by atoms with Gasteiger partial charge in [0.25, 0.3) is 0 Å². The summed E-state index contributed by atoms with van der Waals surface area (Å²) in [5.74, 6) is 1.32. The van der Waals surface area contributed by atoms with E-state index in [1.165, 1.54) is 38.3 Å². The van der Waals surface area contributed by atoms with Crippen LogP contribution in [0.4, 0.5) is 0 Å².